The van der Waals surface area contributed by atoms with Gasteiger partial charge in [-0.05, 0) is 45.0 Å². The molecule has 0 aliphatic rings. The lowest BCUT2D eigenvalue weighted by Crippen LogP contribution is -2.27. The highest BCUT2D eigenvalue weighted by Gasteiger charge is 2.20. The third-order valence-corrected chi connectivity index (χ3v) is 3.10. The number of nitrogens with zero attached hydrogens (tertiary/aromatic N) is 1. The van der Waals surface area contributed by atoms with Gasteiger partial charge in [0.25, 0.3) is 5.69 Å². The highest BCUT2D eigenvalue weighted by molar-refractivity contribution is 5.88. The number of rotatable bonds is 2. The molecule has 0 radical (unpaired) electrons. The number of hydrogen-bond donors (Lipinski definition) is 1. The summed E-state index contributed by atoms with van der Waals surface area (Å²) in [4.78, 5) is 22.4. The summed E-state index contributed by atoms with van der Waals surface area (Å²) in [5.41, 5.74) is -1.04. The van der Waals surface area contributed by atoms with Gasteiger partial charge in [0.2, 0.25) is 0 Å². The first kappa shape index (κ1) is 19.8. The minimum absolute atomic E-state index is 0.0463. The average molecular weight is 374 g/mol. The van der Waals surface area contributed by atoms with Gasteiger partial charge in [-0.1, -0.05) is 11.8 Å². The second kappa shape index (κ2) is 7.83. The third kappa shape index (κ3) is 5.78. The lowest BCUT2D eigenvalue weighted by atomic mass is 10.1. The van der Waals surface area contributed by atoms with E-state index in [1.54, 1.807) is 20.8 Å². The molecule has 0 spiro atoms. The Morgan fingerprint density at radius 1 is 1.15 bits per heavy atom. The van der Waals surface area contributed by atoms with Crippen LogP contribution in [-0.2, 0) is 4.74 Å². The predicted octanol–water partition coefficient (Wildman–Crippen LogP) is 4.62. The molecule has 6 nitrogen and oxygen atoms in total. The molecule has 27 heavy (non-hydrogen) atoms. The average Bonchev–Trinajstić information content (AvgIpc) is 2.53. The highest BCUT2D eigenvalue weighted by Crippen LogP contribution is 2.26. The van der Waals surface area contributed by atoms with E-state index in [9.17, 15) is 23.7 Å². The molecular weight excluding hydrogens is 358 g/mol. The number of nitro groups is 1. The Morgan fingerprint density at radius 3 is 2.44 bits per heavy atom. The molecule has 140 valence electrons. The van der Waals surface area contributed by atoms with E-state index < -0.39 is 33.9 Å². The summed E-state index contributed by atoms with van der Waals surface area (Å²) in [7, 11) is 0. The number of carbonyl (C=O) groups is 1. The molecule has 0 unspecified atom stereocenters. The summed E-state index contributed by atoms with van der Waals surface area (Å²) in [6, 6.07) is 6.79. The van der Waals surface area contributed by atoms with Gasteiger partial charge in [-0.15, -0.1) is 0 Å². The summed E-state index contributed by atoms with van der Waals surface area (Å²) in [6.45, 7) is 4.98. The zero-order valence-corrected chi connectivity index (χ0v) is 14.8. The van der Waals surface area contributed by atoms with Crippen LogP contribution in [0.15, 0.2) is 36.4 Å². The lowest BCUT2D eigenvalue weighted by Gasteiger charge is -2.19. The SMILES string of the molecule is CC(C)(C)OC(=O)Nc1ccc(C#Cc2ccc(F)cc2F)cc1[N+](=O)[O-]. The first-order chi connectivity index (χ1) is 12.5. The van der Waals surface area contributed by atoms with Crippen LogP contribution >= 0.6 is 0 Å². The van der Waals surface area contributed by atoms with Crippen LogP contribution in [0.4, 0.5) is 25.0 Å². The number of benzene rings is 2. The number of carbonyl (C=O) groups excluding carboxylic acids is 1. The van der Waals surface area contributed by atoms with Crippen molar-refractivity contribution < 1.29 is 23.2 Å². The van der Waals surface area contributed by atoms with Crippen molar-refractivity contribution in [3.63, 3.8) is 0 Å². The molecule has 1 amide bonds. The van der Waals surface area contributed by atoms with E-state index in [2.05, 4.69) is 17.2 Å². The summed E-state index contributed by atoms with van der Waals surface area (Å²) in [5.74, 6) is 3.50. The molecule has 2 aromatic carbocycles. The standard InChI is InChI=1S/C19H16F2N2O4/c1-19(2,3)27-18(24)22-16-9-5-12(10-17(16)23(25)26)4-6-13-7-8-14(20)11-15(13)21/h5,7-11H,1-3H3,(H,22,24). The first-order valence-electron chi connectivity index (χ1n) is 7.81. The van der Waals surface area contributed by atoms with Gasteiger partial charge in [0, 0.05) is 17.7 Å². The Balaban J connectivity index is 2.29. The van der Waals surface area contributed by atoms with Crippen molar-refractivity contribution in [1.29, 1.82) is 0 Å². The summed E-state index contributed by atoms with van der Waals surface area (Å²) >= 11 is 0. The molecule has 8 heteroatoms. The van der Waals surface area contributed by atoms with Crippen LogP contribution in [0.3, 0.4) is 0 Å². The van der Waals surface area contributed by atoms with Crippen molar-refractivity contribution in [3.8, 4) is 11.8 Å². The van der Waals surface area contributed by atoms with E-state index in [4.69, 9.17) is 4.74 Å². The number of ether oxygens (including phenoxy) is 1. The number of anilines is 1. The molecule has 0 saturated carbocycles. The maximum atomic E-state index is 13.6. The van der Waals surface area contributed by atoms with E-state index in [1.165, 1.54) is 18.2 Å². The van der Waals surface area contributed by atoms with Crippen LogP contribution in [0.5, 0.6) is 0 Å². The third-order valence-electron chi connectivity index (χ3n) is 3.10. The van der Waals surface area contributed by atoms with Gasteiger partial charge in [0.05, 0.1) is 10.5 Å². The molecule has 2 aromatic rings. The van der Waals surface area contributed by atoms with Crippen LogP contribution in [0.1, 0.15) is 31.9 Å². The zero-order valence-electron chi connectivity index (χ0n) is 14.8. The summed E-state index contributed by atoms with van der Waals surface area (Å²) < 4.78 is 31.5. The largest absolute Gasteiger partial charge is 0.444 e. The maximum Gasteiger partial charge on any atom is 0.412 e. The number of hydrogen-bond acceptors (Lipinski definition) is 4. The molecule has 0 fully saturated rings. The summed E-state index contributed by atoms with van der Waals surface area (Å²) in [5, 5.41) is 13.6. The Bertz CT molecular complexity index is 956. The van der Waals surface area contributed by atoms with Gasteiger partial charge in [-0.25, -0.2) is 13.6 Å². The molecule has 2 rings (SSSR count). The topological polar surface area (TPSA) is 81.5 Å². The second-order valence-electron chi connectivity index (χ2n) is 6.49. The fraction of sp³-hybridized carbons (Fsp3) is 0.211. The zero-order chi connectivity index (χ0) is 20.2. The van der Waals surface area contributed by atoms with Crippen LogP contribution in [0.25, 0.3) is 0 Å². The van der Waals surface area contributed by atoms with Crippen molar-refractivity contribution in [1.82, 2.24) is 0 Å². The molecule has 1 N–H and O–H groups in total. The van der Waals surface area contributed by atoms with E-state index in [0.29, 0.717) is 6.07 Å². The Morgan fingerprint density at radius 2 is 1.85 bits per heavy atom. The predicted molar refractivity (Wildman–Crippen MR) is 95.3 cm³/mol. The fourth-order valence-corrected chi connectivity index (χ4v) is 2.01. The first-order valence-corrected chi connectivity index (χ1v) is 7.81. The molecule has 0 atom stereocenters. The van der Waals surface area contributed by atoms with Crippen LogP contribution in [-0.4, -0.2) is 16.6 Å². The van der Waals surface area contributed by atoms with E-state index in [1.807, 2.05) is 0 Å². The van der Waals surface area contributed by atoms with Crippen LogP contribution in [0.2, 0.25) is 0 Å². The highest BCUT2D eigenvalue weighted by atomic mass is 19.1. The van der Waals surface area contributed by atoms with E-state index in [0.717, 1.165) is 12.1 Å². The summed E-state index contributed by atoms with van der Waals surface area (Å²) in [6.07, 6.45) is -0.835. The van der Waals surface area contributed by atoms with Crippen molar-refractivity contribution in [2.45, 2.75) is 26.4 Å². The van der Waals surface area contributed by atoms with Gasteiger partial charge >= 0.3 is 6.09 Å². The molecule has 0 heterocycles. The van der Waals surface area contributed by atoms with Crippen molar-refractivity contribution >= 4 is 17.5 Å². The quantitative estimate of drug-likeness (QED) is 0.472. The van der Waals surface area contributed by atoms with Crippen LogP contribution < -0.4 is 5.32 Å². The lowest BCUT2D eigenvalue weighted by molar-refractivity contribution is -0.383. The minimum Gasteiger partial charge on any atom is -0.444 e. The molecule has 0 aliphatic heterocycles. The van der Waals surface area contributed by atoms with Gasteiger partial charge in [-0.2, -0.15) is 0 Å². The molecule has 0 bridgehead atoms. The smallest absolute Gasteiger partial charge is 0.412 e. The van der Waals surface area contributed by atoms with Gasteiger partial charge in [-0.3, -0.25) is 15.4 Å². The molecule has 0 saturated heterocycles. The maximum absolute atomic E-state index is 13.6. The van der Waals surface area contributed by atoms with Crippen LogP contribution in [0, 0.1) is 33.6 Å². The van der Waals surface area contributed by atoms with Gasteiger partial charge < -0.3 is 4.74 Å². The molecular formula is C19H16F2N2O4. The monoisotopic (exact) mass is 374 g/mol. The Hall–Kier alpha value is -3.47. The number of amides is 1. The van der Waals surface area contributed by atoms with Gasteiger partial charge in [0.15, 0.2) is 0 Å². The van der Waals surface area contributed by atoms with Crippen molar-refractivity contribution in [2.24, 2.45) is 0 Å². The Labute approximate surface area is 154 Å². The molecule has 0 aromatic heterocycles. The minimum atomic E-state index is -0.835. The van der Waals surface area contributed by atoms with Crippen molar-refractivity contribution in [3.05, 3.63) is 69.3 Å². The van der Waals surface area contributed by atoms with E-state index in [-0.39, 0.29) is 16.8 Å². The number of halogens is 2. The number of nitro benzene ring substituents is 1. The van der Waals surface area contributed by atoms with E-state index >= 15 is 0 Å². The Kier molecular flexibility index (Phi) is 5.75. The normalized spacial score (nSPS) is 10.6. The van der Waals surface area contributed by atoms with Crippen molar-refractivity contribution in [2.75, 3.05) is 5.32 Å². The molecule has 0 aliphatic carbocycles. The number of nitrogens with one attached hydrogen (secondary N) is 1. The second-order valence-corrected chi connectivity index (χ2v) is 6.49. The fourth-order valence-electron chi connectivity index (χ4n) is 2.01. The van der Waals surface area contributed by atoms with Gasteiger partial charge in [0.1, 0.15) is 22.9 Å².